The zero-order valence-corrected chi connectivity index (χ0v) is 8.17. The summed E-state index contributed by atoms with van der Waals surface area (Å²) in [6.07, 6.45) is 1.18. The van der Waals surface area contributed by atoms with Gasteiger partial charge in [-0.3, -0.25) is 9.59 Å². The van der Waals surface area contributed by atoms with Gasteiger partial charge in [-0.1, -0.05) is 6.92 Å². The molecule has 2 N–H and O–H groups in total. The number of carbonyl (C=O) groups is 2. The van der Waals surface area contributed by atoms with Crippen molar-refractivity contribution in [1.82, 2.24) is 4.90 Å². The van der Waals surface area contributed by atoms with E-state index in [0.29, 0.717) is 25.9 Å². The second kappa shape index (κ2) is 3.36. The topological polar surface area (TPSA) is 63.4 Å². The average Bonchev–Trinajstić information content (AvgIpc) is 2.48. The third-order valence-corrected chi connectivity index (χ3v) is 2.72. The minimum absolute atomic E-state index is 0.102. The maximum absolute atomic E-state index is 11.3. The Kier molecular flexibility index (Phi) is 2.59. The molecule has 2 amide bonds. The summed E-state index contributed by atoms with van der Waals surface area (Å²) >= 11 is 0. The second-order valence-electron chi connectivity index (χ2n) is 3.84. The molecule has 1 aliphatic rings. The highest BCUT2D eigenvalue weighted by Crippen LogP contribution is 2.29. The molecular formula is C9H16N2O2. The van der Waals surface area contributed by atoms with Crippen LogP contribution in [0.4, 0.5) is 0 Å². The smallest absolute Gasteiger partial charge is 0.225 e. The SMILES string of the molecule is CCC(=O)N1CCC(C)(C(N)=O)C1. The van der Waals surface area contributed by atoms with Crippen LogP contribution in [0.3, 0.4) is 0 Å². The van der Waals surface area contributed by atoms with Crippen LogP contribution in [0.2, 0.25) is 0 Å². The van der Waals surface area contributed by atoms with Gasteiger partial charge < -0.3 is 10.6 Å². The first kappa shape index (κ1) is 10.0. The third-order valence-electron chi connectivity index (χ3n) is 2.72. The van der Waals surface area contributed by atoms with Gasteiger partial charge in [0.2, 0.25) is 11.8 Å². The lowest BCUT2D eigenvalue weighted by Gasteiger charge is -2.20. The van der Waals surface area contributed by atoms with Crippen LogP contribution in [0.15, 0.2) is 0 Å². The molecule has 0 saturated carbocycles. The van der Waals surface area contributed by atoms with E-state index in [9.17, 15) is 9.59 Å². The first-order valence-corrected chi connectivity index (χ1v) is 4.57. The number of hydrogen-bond donors (Lipinski definition) is 1. The molecule has 0 aromatic heterocycles. The van der Waals surface area contributed by atoms with Crippen LogP contribution < -0.4 is 5.73 Å². The van der Waals surface area contributed by atoms with Crippen molar-refractivity contribution >= 4 is 11.8 Å². The summed E-state index contributed by atoms with van der Waals surface area (Å²) in [6, 6.07) is 0. The van der Waals surface area contributed by atoms with Crippen LogP contribution in [-0.2, 0) is 9.59 Å². The van der Waals surface area contributed by atoms with Crippen molar-refractivity contribution < 1.29 is 9.59 Å². The minimum atomic E-state index is -0.509. The van der Waals surface area contributed by atoms with Gasteiger partial charge in [0.1, 0.15) is 0 Å². The lowest BCUT2D eigenvalue weighted by molar-refractivity contribution is -0.131. The number of rotatable bonds is 2. The molecule has 1 heterocycles. The number of likely N-dealkylation sites (tertiary alicyclic amines) is 1. The van der Waals surface area contributed by atoms with E-state index in [1.165, 1.54) is 0 Å². The number of carbonyl (C=O) groups excluding carboxylic acids is 2. The highest BCUT2D eigenvalue weighted by molar-refractivity contribution is 5.83. The first-order valence-electron chi connectivity index (χ1n) is 4.57. The standard InChI is InChI=1S/C9H16N2O2/c1-3-7(12)11-5-4-9(2,6-11)8(10)13/h3-6H2,1-2H3,(H2,10,13). The Bertz CT molecular complexity index is 240. The van der Waals surface area contributed by atoms with E-state index in [1.807, 2.05) is 13.8 Å². The number of amides is 2. The quantitative estimate of drug-likeness (QED) is 0.662. The summed E-state index contributed by atoms with van der Waals surface area (Å²) in [5, 5.41) is 0. The Balaban J connectivity index is 2.63. The summed E-state index contributed by atoms with van der Waals surface area (Å²) in [5.74, 6) is -0.205. The highest BCUT2D eigenvalue weighted by Gasteiger charge is 2.40. The molecule has 1 unspecified atom stereocenters. The van der Waals surface area contributed by atoms with Crippen molar-refractivity contribution in [3.63, 3.8) is 0 Å². The van der Waals surface area contributed by atoms with E-state index in [-0.39, 0.29) is 11.8 Å². The fourth-order valence-corrected chi connectivity index (χ4v) is 1.60. The Morgan fingerprint density at radius 2 is 2.15 bits per heavy atom. The lowest BCUT2D eigenvalue weighted by atomic mass is 9.89. The minimum Gasteiger partial charge on any atom is -0.369 e. The number of nitrogens with zero attached hydrogens (tertiary/aromatic N) is 1. The maximum Gasteiger partial charge on any atom is 0.225 e. The number of primary amides is 1. The average molecular weight is 184 g/mol. The van der Waals surface area contributed by atoms with Crippen LogP contribution >= 0.6 is 0 Å². The van der Waals surface area contributed by atoms with Crippen molar-refractivity contribution in [2.45, 2.75) is 26.7 Å². The molecule has 1 atom stereocenters. The molecule has 0 aromatic carbocycles. The van der Waals surface area contributed by atoms with Gasteiger partial charge >= 0.3 is 0 Å². The van der Waals surface area contributed by atoms with Gasteiger partial charge in [-0.2, -0.15) is 0 Å². The Hall–Kier alpha value is -1.06. The molecule has 1 saturated heterocycles. The molecular weight excluding hydrogens is 168 g/mol. The highest BCUT2D eigenvalue weighted by atomic mass is 16.2. The summed E-state index contributed by atoms with van der Waals surface area (Å²) in [6.45, 7) is 4.78. The van der Waals surface area contributed by atoms with Gasteiger partial charge in [-0.25, -0.2) is 0 Å². The molecule has 0 bridgehead atoms. The summed E-state index contributed by atoms with van der Waals surface area (Å²) in [7, 11) is 0. The lowest BCUT2D eigenvalue weighted by Crippen LogP contribution is -2.38. The van der Waals surface area contributed by atoms with E-state index < -0.39 is 5.41 Å². The second-order valence-corrected chi connectivity index (χ2v) is 3.84. The number of nitrogens with two attached hydrogens (primary N) is 1. The van der Waals surface area contributed by atoms with Crippen LogP contribution in [0.1, 0.15) is 26.7 Å². The molecule has 1 aliphatic heterocycles. The van der Waals surface area contributed by atoms with Crippen LogP contribution in [0.25, 0.3) is 0 Å². The van der Waals surface area contributed by atoms with E-state index >= 15 is 0 Å². The largest absolute Gasteiger partial charge is 0.369 e. The maximum atomic E-state index is 11.3. The Labute approximate surface area is 78.1 Å². The van der Waals surface area contributed by atoms with Gasteiger partial charge in [0, 0.05) is 19.5 Å². The summed E-state index contributed by atoms with van der Waals surface area (Å²) < 4.78 is 0. The van der Waals surface area contributed by atoms with Gasteiger partial charge in [0.25, 0.3) is 0 Å². The molecule has 4 heteroatoms. The predicted octanol–water partition coefficient (Wildman–Crippen LogP) is 0.120. The van der Waals surface area contributed by atoms with E-state index in [1.54, 1.807) is 4.90 Å². The summed E-state index contributed by atoms with van der Waals surface area (Å²) in [4.78, 5) is 24.1. The van der Waals surface area contributed by atoms with Crippen molar-refractivity contribution in [1.29, 1.82) is 0 Å². The molecule has 0 aromatic rings. The fraction of sp³-hybridized carbons (Fsp3) is 0.778. The Morgan fingerprint density at radius 1 is 1.54 bits per heavy atom. The monoisotopic (exact) mass is 184 g/mol. The third kappa shape index (κ3) is 1.82. The van der Waals surface area contributed by atoms with Crippen molar-refractivity contribution in [3.05, 3.63) is 0 Å². The molecule has 0 radical (unpaired) electrons. The van der Waals surface area contributed by atoms with Gasteiger partial charge in [-0.15, -0.1) is 0 Å². The van der Waals surface area contributed by atoms with Crippen molar-refractivity contribution in [2.24, 2.45) is 11.1 Å². The van der Waals surface area contributed by atoms with E-state index in [4.69, 9.17) is 5.73 Å². The van der Waals surface area contributed by atoms with Gasteiger partial charge in [0.15, 0.2) is 0 Å². The molecule has 0 spiro atoms. The Morgan fingerprint density at radius 3 is 2.54 bits per heavy atom. The molecule has 74 valence electrons. The molecule has 13 heavy (non-hydrogen) atoms. The number of hydrogen-bond acceptors (Lipinski definition) is 2. The zero-order valence-electron chi connectivity index (χ0n) is 8.17. The van der Waals surface area contributed by atoms with Crippen LogP contribution in [0, 0.1) is 5.41 Å². The van der Waals surface area contributed by atoms with Crippen molar-refractivity contribution in [3.8, 4) is 0 Å². The summed E-state index contributed by atoms with van der Waals surface area (Å²) in [5.41, 5.74) is 4.75. The molecule has 1 fully saturated rings. The first-order chi connectivity index (χ1) is 5.99. The normalized spacial score (nSPS) is 27.7. The van der Waals surface area contributed by atoms with E-state index in [2.05, 4.69) is 0 Å². The molecule has 1 rings (SSSR count). The molecule has 0 aliphatic carbocycles. The van der Waals surface area contributed by atoms with Crippen molar-refractivity contribution in [2.75, 3.05) is 13.1 Å². The fourth-order valence-electron chi connectivity index (χ4n) is 1.60. The van der Waals surface area contributed by atoms with Gasteiger partial charge in [0.05, 0.1) is 5.41 Å². The van der Waals surface area contributed by atoms with Crippen LogP contribution in [-0.4, -0.2) is 29.8 Å². The zero-order chi connectivity index (χ0) is 10.1. The molecule has 4 nitrogen and oxygen atoms in total. The van der Waals surface area contributed by atoms with Gasteiger partial charge in [-0.05, 0) is 13.3 Å². The predicted molar refractivity (Wildman–Crippen MR) is 48.8 cm³/mol. The van der Waals surface area contributed by atoms with E-state index in [0.717, 1.165) is 0 Å². The van der Waals surface area contributed by atoms with Crippen LogP contribution in [0.5, 0.6) is 0 Å².